The Hall–Kier alpha value is -1.99. The predicted molar refractivity (Wildman–Crippen MR) is 90.4 cm³/mol. The minimum Gasteiger partial charge on any atom is -0.380 e. The van der Waals surface area contributed by atoms with Crippen molar-refractivity contribution in [2.45, 2.75) is 45.4 Å². The first kappa shape index (κ1) is 17.4. The third-order valence-corrected chi connectivity index (χ3v) is 4.47. The van der Waals surface area contributed by atoms with Crippen LogP contribution >= 0.6 is 12.2 Å². The first-order valence-corrected chi connectivity index (χ1v) is 7.98. The van der Waals surface area contributed by atoms with E-state index in [-0.39, 0.29) is 12.5 Å². The van der Waals surface area contributed by atoms with Crippen molar-refractivity contribution < 1.29 is 9.90 Å². The summed E-state index contributed by atoms with van der Waals surface area (Å²) in [6.45, 7) is 6.17. The summed E-state index contributed by atoms with van der Waals surface area (Å²) < 4.78 is 2.31. The minimum atomic E-state index is -1.52. The first-order chi connectivity index (χ1) is 10.9. The summed E-state index contributed by atoms with van der Waals surface area (Å²) in [7, 11) is 0. The third-order valence-electron chi connectivity index (χ3n) is 4.16. The summed E-state index contributed by atoms with van der Waals surface area (Å²) in [5.74, 6) is -0.143. The van der Waals surface area contributed by atoms with Gasteiger partial charge in [-0.1, -0.05) is 37.3 Å². The van der Waals surface area contributed by atoms with Crippen LogP contribution < -0.4 is 5.32 Å². The van der Waals surface area contributed by atoms with E-state index in [1.54, 1.807) is 4.57 Å². The summed E-state index contributed by atoms with van der Waals surface area (Å²) in [5, 5.41) is 20.2. The first-order valence-electron chi connectivity index (χ1n) is 7.57. The topological polar surface area (TPSA) is 82.9 Å². The molecule has 2 aromatic rings. The number of aliphatic hydroxyl groups is 1. The third kappa shape index (κ3) is 3.68. The van der Waals surface area contributed by atoms with Crippen molar-refractivity contribution in [3.8, 4) is 0 Å². The molecule has 0 saturated heterocycles. The fraction of sp³-hybridized carbons (Fsp3) is 0.438. The van der Waals surface area contributed by atoms with Crippen LogP contribution in [0.5, 0.6) is 0 Å². The SMILES string of the molecule is CCn1c(CNC(=O)[C@](C)(O)[C@H](C)c2ccccc2)n[nH]c1=S. The maximum Gasteiger partial charge on any atom is 0.252 e. The van der Waals surface area contributed by atoms with Crippen LogP contribution in [0, 0.1) is 4.77 Å². The van der Waals surface area contributed by atoms with Crippen LogP contribution in [-0.2, 0) is 17.9 Å². The Morgan fingerprint density at radius 1 is 1.48 bits per heavy atom. The average molecular weight is 334 g/mol. The second kappa shape index (κ2) is 7.06. The van der Waals surface area contributed by atoms with Gasteiger partial charge in [0.25, 0.3) is 5.91 Å². The van der Waals surface area contributed by atoms with Gasteiger partial charge >= 0.3 is 0 Å². The number of aromatic amines is 1. The van der Waals surface area contributed by atoms with Gasteiger partial charge in [-0.3, -0.25) is 9.89 Å². The molecule has 0 fully saturated rings. The predicted octanol–water partition coefficient (Wildman–Crippen LogP) is 2.13. The van der Waals surface area contributed by atoms with Gasteiger partial charge < -0.3 is 15.0 Å². The molecule has 2 atom stereocenters. The highest BCUT2D eigenvalue weighted by Crippen LogP contribution is 2.27. The molecule has 23 heavy (non-hydrogen) atoms. The van der Waals surface area contributed by atoms with E-state index in [0.717, 1.165) is 5.56 Å². The summed E-state index contributed by atoms with van der Waals surface area (Å²) in [6, 6.07) is 9.47. The van der Waals surface area contributed by atoms with E-state index in [1.807, 2.05) is 44.2 Å². The molecule has 6 nitrogen and oxygen atoms in total. The lowest BCUT2D eigenvalue weighted by molar-refractivity contribution is -0.140. The van der Waals surface area contributed by atoms with Crippen LogP contribution in [-0.4, -0.2) is 31.4 Å². The normalized spacial score (nSPS) is 15.0. The van der Waals surface area contributed by atoms with Gasteiger partial charge in [0.2, 0.25) is 0 Å². The van der Waals surface area contributed by atoms with E-state index in [9.17, 15) is 9.90 Å². The molecule has 1 heterocycles. The number of rotatable bonds is 6. The number of benzene rings is 1. The highest BCUT2D eigenvalue weighted by atomic mass is 32.1. The number of nitrogens with zero attached hydrogens (tertiary/aromatic N) is 2. The van der Waals surface area contributed by atoms with Gasteiger partial charge in [0.15, 0.2) is 10.6 Å². The Bertz CT molecular complexity index is 721. The number of aromatic nitrogens is 3. The summed E-state index contributed by atoms with van der Waals surface area (Å²) in [5.41, 5.74) is -0.616. The van der Waals surface area contributed by atoms with Gasteiger partial charge in [-0.2, -0.15) is 5.10 Å². The number of nitrogens with one attached hydrogen (secondary N) is 2. The van der Waals surface area contributed by atoms with Gasteiger partial charge in [0, 0.05) is 12.5 Å². The maximum absolute atomic E-state index is 12.4. The summed E-state index contributed by atoms with van der Waals surface area (Å²) in [4.78, 5) is 12.4. The maximum atomic E-state index is 12.4. The number of H-pyrrole nitrogens is 1. The Balaban J connectivity index is 2.08. The highest BCUT2D eigenvalue weighted by Gasteiger charge is 2.37. The van der Waals surface area contributed by atoms with Crippen molar-refractivity contribution in [1.82, 2.24) is 20.1 Å². The summed E-state index contributed by atoms with van der Waals surface area (Å²) in [6.07, 6.45) is 0. The molecule has 0 spiro atoms. The molecular formula is C16H22N4O2S. The largest absolute Gasteiger partial charge is 0.380 e. The van der Waals surface area contributed by atoms with E-state index >= 15 is 0 Å². The van der Waals surface area contributed by atoms with Crippen LogP contribution in [0.25, 0.3) is 0 Å². The van der Waals surface area contributed by atoms with Crippen molar-refractivity contribution >= 4 is 18.1 Å². The van der Waals surface area contributed by atoms with Gasteiger partial charge in [0.05, 0.1) is 6.54 Å². The molecular weight excluding hydrogens is 312 g/mol. The van der Waals surface area contributed by atoms with E-state index in [4.69, 9.17) is 12.2 Å². The molecule has 0 saturated carbocycles. The van der Waals surface area contributed by atoms with Crippen LogP contribution in [0.3, 0.4) is 0 Å². The number of amides is 1. The zero-order valence-electron chi connectivity index (χ0n) is 13.5. The average Bonchev–Trinajstić information content (AvgIpc) is 2.92. The fourth-order valence-corrected chi connectivity index (χ4v) is 2.69. The molecule has 1 aromatic carbocycles. The second-order valence-corrected chi connectivity index (χ2v) is 6.04. The molecule has 0 unspecified atom stereocenters. The van der Waals surface area contributed by atoms with Gasteiger partial charge in [0.1, 0.15) is 5.60 Å². The van der Waals surface area contributed by atoms with Crippen LogP contribution in [0.4, 0.5) is 0 Å². The molecule has 7 heteroatoms. The minimum absolute atomic E-state index is 0.206. The highest BCUT2D eigenvalue weighted by molar-refractivity contribution is 7.71. The van der Waals surface area contributed by atoms with Crippen LogP contribution in [0.2, 0.25) is 0 Å². The molecule has 0 bridgehead atoms. The van der Waals surface area contributed by atoms with Crippen LogP contribution in [0.15, 0.2) is 30.3 Å². The van der Waals surface area contributed by atoms with Crippen molar-refractivity contribution in [1.29, 1.82) is 0 Å². The zero-order chi connectivity index (χ0) is 17.0. The quantitative estimate of drug-likeness (QED) is 0.707. The molecule has 0 aliphatic carbocycles. The monoisotopic (exact) mass is 334 g/mol. The van der Waals surface area contributed by atoms with E-state index in [0.29, 0.717) is 17.1 Å². The molecule has 2 rings (SSSR count). The molecule has 0 aliphatic rings. The molecule has 0 aliphatic heterocycles. The zero-order valence-corrected chi connectivity index (χ0v) is 14.4. The molecule has 1 aromatic heterocycles. The van der Waals surface area contributed by atoms with Gasteiger partial charge in [-0.15, -0.1) is 0 Å². The number of hydrogen-bond acceptors (Lipinski definition) is 4. The lowest BCUT2D eigenvalue weighted by atomic mass is 9.84. The molecule has 1 amide bonds. The summed E-state index contributed by atoms with van der Waals surface area (Å²) >= 11 is 5.11. The Morgan fingerprint density at radius 3 is 2.74 bits per heavy atom. The van der Waals surface area contributed by atoms with Crippen molar-refractivity contribution in [2.24, 2.45) is 0 Å². The second-order valence-electron chi connectivity index (χ2n) is 5.65. The van der Waals surface area contributed by atoms with Gasteiger partial charge in [-0.05, 0) is 31.6 Å². The Morgan fingerprint density at radius 2 is 2.13 bits per heavy atom. The van der Waals surface area contributed by atoms with E-state index in [1.165, 1.54) is 6.92 Å². The van der Waals surface area contributed by atoms with E-state index in [2.05, 4.69) is 15.5 Å². The standard InChI is InChI=1S/C16H22N4O2S/c1-4-20-13(18-19-15(20)23)10-17-14(21)16(3,22)11(2)12-8-6-5-7-9-12/h5-9,11,22H,4,10H2,1-3H3,(H,17,21)(H,19,23)/t11-,16-/m1/s1. The molecule has 124 valence electrons. The van der Waals surface area contributed by atoms with Crippen molar-refractivity contribution in [2.75, 3.05) is 0 Å². The Labute approximate surface area is 140 Å². The van der Waals surface area contributed by atoms with Gasteiger partial charge in [-0.25, -0.2) is 0 Å². The number of carbonyl (C=O) groups excluding carboxylic acids is 1. The molecule has 0 radical (unpaired) electrons. The lowest BCUT2D eigenvalue weighted by Crippen LogP contribution is -2.48. The lowest BCUT2D eigenvalue weighted by Gasteiger charge is -2.29. The fourth-order valence-electron chi connectivity index (χ4n) is 2.41. The smallest absolute Gasteiger partial charge is 0.252 e. The van der Waals surface area contributed by atoms with Crippen molar-refractivity contribution in [3.63, 3.8) is 0 Å². The van der Waals surface area contributed by atoms with Crippen LogP contribution in [0.1, 0.15) is 38.1 Å². The van der Waals surface area contributed by atoms with E-state index < -0.39 is 11.5 Å². The molecule has 3 N–H and O–H groups in total. The number of carbonyl (C=O) groups is 1. The Kier molecular flexibility index (Phi) is 5.33. The van der Waals surface area contributed by atoms with Crippen molar-refractivity contribution in [3.05, 3.63) is 46.5 Å². The number of hydrogen-bond donors (Lipinski definition) is 3.